The van der Waals surface area contributed by atoms with E-state index in [9.17, 15) is 0 Å². The molecule has 2 N–H and O–H groups in total. The summed E-state index contributed by atoms with van der Waals surface area (Å²) in [4.78, 5) is 6.32. The first-order valence-corrected chi connectivity index (χ1v) is 6.82. The Bertz CT molecular complexity index is 382. The van der Waals surface area contributed by atoms with Crippen LogP contribution >= 0.6 is 24.0 Å². The van der Waals surface area contributed by atoms with Crippen LogP contribution in [0.4, 0.5) is 0 Å². The van der Waals surface area contributed by atoms with E-state index in [2.05, 4.69) is 20.5 Å². The standard InChI is InChI=1S/C14H26N4O2.HI/c1-15-14(16-8-6-9-19-4)17-11-12(18(2)3)13-7-5-10-20-13;/h5,7,10,12H,6,8-9,11H2,1-4H3,(H2,15,16,17);1H. The predicted octanol–water partition coefficient (Wildman–Crippen LogP) is 1.70. The van der Waals surface area contributed by atoms with Gasteiger partial charge in [0.25, 0.3) is 0 Å². The van der Waals surface area contributed by atoms with E-state index in [1.807, 2.05) is 26.2 Å². The number of methoxy groups -OCH3 is 1. The minimum atomic E-state index is 0. The van der Waals surface area contributed by atoms with Crippen molar-refractivity contribution in [1.82, 2.24) is 15.5 Å². The van der Waals surface area contributed by atoms with Gasteiger partial charge in [0, 0.05) is 33.9 Å². The Labute approximate surface area is 144 Å². The van der Waals surface area contributed by atoms with Crippen molar-refractivity contribution in [3.63, 3.8) is 0 Å². The summed E-state index contributed by atoms with van der Waals surface area (Å²) in [6.45, 7) is 2.31. The second-order valence-corrected chi connectivity index (χ2v) is 4.72. The maximum Gasteiger partial charge on any atom is 0.191 e. The van der Waals surface area contributed by atoms with Gasteiger partial charge in [-0.15, -0.1) is 24.0 Å². The largest absolute Gasteiger partial charge is 0.468 e. The molecule has 0 saturated carbocycles. The van der Waals surface area contributed by atoms with Gasteiger partial charge < -0.3 is 19.8 Å². The first-order chi connectivity index (χ1) is 9.69. The van der Waals surface area contributed by atoms with Crippen LogP contribution in [-0.2, 0) is 4.74 Å². The molecule has 0 radical (unpaired) electrons. The lowest BCUT2D eigenvalue weighted by Crippen LogP contribution is -2.42. The normalized spacial score (nSPS) is 12.9. The van der Waals surface area contributed by atoms with Crippen LogP contribution in [-0.4, -0.2) is 58.8 Å². The Hall–Kier alpha value is -0.800. The Kier molecular flexibility index (Phi) is 11.4. The Morgan fingerprint density at radius 3 is 2.71 bits per heavy atom. The number of aliphatic imine (C=N–C) groups is 1. The molecule has 0 aliphatic heterocycles. The Morgan fingerprint density at radius 1 is 1.43 bits per heavy atom. The molecule has 1 aromatic rings. The molecule has 0 spiro atoms. The van der Waals surface area contributed by atoms with Crippen LogP contribution in [0.15, 0.2) is 27.8 Å². The third-order valence-electron chi connectivity index (χ3n) is 3.00. The second kappa shape index (κ2) is 11.8. The molecule has 1 rings (SSSR count). The van der Waals surface area contributed by atoms with Gasteiger partial charge >= 0.3 is 0 Å². The van der Waals surface area contributed by atoms with Gasteiger partial charge in [0.1, 0.15) is 5.76 Å². The topological polar surface area (TPSA) is 62.0 Å². The molecule has 0 amide bonds. The maximum absolute atomic E-state index is 5.48. The summed E-state index contributed by atoms with van der Waals surface area (Å²) < 4.78 is 10.5. The predicted molar refractivity (Wildman–Crippen MR) is 96.4 cm³/mol. The van der Waals surface area contributed by atoms with E-state index in [-0.39, 0.29) is 30.0 Å². The third-order valence-corrected chi connectivity index (χ3v) is 3.00. The molecule has 1 aromatic heterocycles. The summed E-state index contributed by atoms with van der Waals surface area (Å²) in [7, 11) is 7.54. The second-order valence-electron chi connectivity index (χ2n) is 4.72. The highest BCUT2D eigenvalue weighted by atomic mass is 127. The lowest BCUT2D eigenvalue weighted by molar-refractivity contribution is 0.195. The van der Waals surface area contributed by atoms with Gasteiger partial charge in [-0.1, -0.05) is 0 Å². The fourth-order valence-electron chi connectivity index (χ4n) is 1.86. The van der Waals surface area contributed by atoms with Crippen molar-refractivity contribution in [3.8, 4) is 0 Å². The van der Waals surface area contributed by atoms with Gasteiger partial charge in [0.15, 0.2) is 5.96 Å². The van der Waals surface area contributed by atoms with E-state index < -0.39 is 0 Å². The lowest BCUT2D eigenvalue weighted by Gasteiger charge is -2.23. The summed E-state index contributed by atoms with van der Waals surface area (Å²) in [5.41, 5.74) is 0. The van der Waals surface area contributed by atoms with E-state index in [1.165, 1.54) is 0 Å². The van der Waals surface area contributed by atoms with Crippen LogP contribution in [0.1, 0.15) is 18.2 Å². The average Bonchev–Trinajstić information content (AvgIpc) is 2.95. The van der Waals surface area contributed by atoms with E-state index in [4.69, 9.17) is 9.15 Å². The molecule has 21 heavy (non-hydrogen) atoms. The number of likely N-dealkylation sites (N-methyl/N-ethyl adjacent to an activating group) is 1. The van der Waals surface area contributed by atoms with Gasteiger partial charge in [-0.05, 0) is 32.6 Å². The quantitative estimate of drug-likeness (QED) is 0.296. The first kappa shape index (κ1) is 20.2. The van der Waals surface area contributed by atoms with E-state index in [0.717, 1.165) is 37.8 Å². The fourth-order valence-corrected chi connectivity index (χ4v) is 1.86. The van der Waals surface area contributed by atoms with Crippen molar-refractivity contribution >= 4 is 29.9 Å². The molecule has 0 bridgehead atoms. The zero-order valence-electron chi connectivity index (χ0n) is 13.3. The highest BCUT2D eigenvalue weighted by molar-refractivity contribution is 14.0. The van der Waals surface area contributed by atoms with Crippen molar-refractivity contribution < 1.29 is 9.15 Å². The molecule has 0 aromatic carbocycles. The summed E-state index contributed by atoms with van der Waals surface area (Å²) in [6, 6.07) is 4.06. The molecule has 1 unspecified atom stereocenters. The first-order valence-electron chi connectivity index (χ1n) is 6.82. The molecule has 122 valence electrons. The van der Waals surface area contributed by atoms with Crippen LogP contribution in [0.5, 0.6) is 0 Å². The highest BCUT2D eigenvalue weighted by Crippen LogP contribution is 2.17. The zero-order valence-corrected chi connectivity index (χ0v) is 15.6. The maximum atomic E-state index is 5.48. The number of nitrogens with zero attached hydrogens (tertiary/aromatic N) is 2. The van der Waals surface area contributed by atoms with Crippen LogP contribution < -0.4 is 10.6 Å². The van der Waals surface area contributed by atoms with Crippen molar-refractivity contribution in [1.29, 1.82) is 0 Å². The third kappa shape index (κ3) is 7.68. The molecule has 6 nitrogen and oxygen atoms in total. The van der Waals surface area contributed by atoms with Gasteiger partial charge in [-0.3, -0.25) is 9.89 Å². The van der Waals surface area contributed by atoms with E-state index in [1.54, 1.807) is 20.4 Å². The molecular formula is C14H27IN4O2. The van der Waals surface area contributed by atoms with Gasteiger partial charge in [-0.2, -0.15) is 0 Å². The summed E-state index contributed by atoms with van der Waals surface area (Å²) in [5.74, 6) is 1.73. The fraction of sp³-hybridized carbons (Fsp3) is 0.643. The van der Waals surface area contributed by atoms with Crippen molar-refractivity contribution in [2.45, 2.75) is 12.5 Å². The number of nitrogens with one attached hydrogen (secondary N) is 2. The van der Waals surface area contributed by atoms with Crippen LogP contribution in [0, 0.1) is 0 Å². The van der Waals surface area contributed by atoms with Gasteiger partial charge in [0.2, 0.25) is 0 Å². The minimum absolute atomic E-state index is 0. The number of rotatable bonds is 8. The van der Waals surface area contributed by atoms with Crippen LogP contribution in [0.2, 0.25) is 0 Å². The van der Waals surface area contributed by atoms with Gasteiger partial charge in [0.05, 0.1) is 12.3 Å². The molecule has 1 atom stereocenters. The molecule has 0 aliphatic carbocycles. The van der Waals surface area contributed by atoms with Gasteiger partial charge in [-0.25, -0.2) is 0 Å². The number of guanidine groups is 1. The zero-order chi connectivity index (χ0) is 14.8. The van der Waals surface area contributed by atoms with Crippen molar-refractivity contribution in [3.05, 3.63) is 24.2 Å². The molecular weight excluding hydrogens is 383 g/mol. The van der Waals surface area contributed by atoms with E-state index in [0.29, 0.717) is 0 Å². The SMILES string of the molecule is CN=C(NCCCOC)NCC(c1ccco1)N(C)C.I. The molecule has 0 aliphatic rings. The van der Waals surface area contributed by atoms with Crippen LogP contribution in [0.3, 0.4) is 0 Å². The molecule has 7 heteroatoms. The van der Waals surface area contributed by atoms with Crippen LogP contribution in [0.25, 0.3) is 0 Å². The number of hydrogen-bond donors (Lipinski definition) is 2. The Morgan fingerprint density at radius 2 is 2.19 bits per heavy atom. The number of halogens is 1. The number of ether oxygens (including phenoxy) is 1. The molecule has 0 saturated heterocycles. The lowest BCUT2D eigenvalue weighted by atomic mass is 10.2. The number of furan rings is 1. The number of hydrogen-bond acceptors (Lipinski definition) is 4. The average molecular weight is 410 g/mol. The summed E-state index contributed by atoms with van der Waals surface area (Å²) in [6.07, 6.45) is 2.65. The highest BCUT2D eigenvalue weighted by Gasteiger charge is 2.17. The summed E-state index contributed by atoms with van der Waals surface area (Å²) >= 11 is 0. The summed E-state index contributed by atoms with van der Waals surface area (Å²) in [5, 5.41) is 6.57. The van der Waals surface area contributed by atoms with Crippen molar-refractivity contribution in [2.75, 3.05) is 47.9 Å². The smallest absolute Gasteiger partial charge is 0.191 e. The Balaban J connectivity index is 0.00000400. The monoisotopic (exact) mass is 410 g/mol. The molecule has 1 heterocycles. The van der Waals surface area contributed by atoms with Crippen molar-refractivity contribution in [2.24, 2.45) is 4.99 Å². The molecule has 0 fully saturated rings. The minimum Gasteiger partial charge on any atom is -0.468 e. The van der Waals surface area contributed by atoms with E-state index >= 15 is 0 Å².